The largest absolute Gasteiger partial charge is 0.265 e. The lowest BCUT2D eigenvalue weighted by atomic mass is 9.99. The van der Waals surface area contributed by atoms with Gasteiger partial charge in [-0.05, 0) is 32.8 Å². The summed E-state index contributed by atoms with van der Waals surface area (Å²) in [7, 11) is -1.38. The average molecular weight is 310 g/mol. The monoisotopic (exact) mass is 310 g/mol. The number of hydrogen-bond donors (Lipinski definition) is 0. The van der Waals surface area contributed by atoms with E-state index in [9.17, 15) is 14.3 Å². The molecule has 1 aromatic carbocycles. The molecule has 0 saturated heterocycles. The molecule has 0 N–H and O–H groups in total. The molecule has 0 amide bonds. The van der Waals surface area contributed by atoms with Crippen molar-refractivity contribution in [3.05, 3.63) is 46.0 Å². The van der Waals surface area contributed by atoms with Crippen molar-refractivity contribution in [2.45, 2.75) is 38.9 Å². The minimum absolute atomic E-state index is 0.117. The van der Waals surface area contributed by atoms with Gasteiger partial charge in [0.1, 0.15) is 11.0 Å². The van der Waals surface area contributed by atoms with Crippen LogP contribution in [0.25, 0.3) is 0 Å². The van der Waals surface area contributed by atoms with Crippen LogP contribution in [0.1, 0.15) is 39.7 Å². The zero-order chi connectivity index (χ0) is 16.0. The van der Waals surface area contributed by atoms with E-state index in [2.05, 4.69) is 4.40 Å². The summed E-state index contributed by atoms with van der Waals surface area (Å²) < 4.78 is 16.1. The van der Waals surface area contributed by atoms with Gasteiger partial charge in [-0.3, -0.25) is 10.1 Å². The Morgan fingerprint density at radius 1 is 1.33 bits per heavy atom. The van der Waals surface area contributed by atoms with E-state index in [4.69, 9.17) is 0 Å². The summed E-state index contributed by atoms with van der Waals surface area (Å²) in [4.78, 5) is 10.3. The van der Waals surface area contributed by atoms with Gasteiger partial charge >= 0.3 is 0 Å². The molecule has 0 aliphatic carbocycles. The Balaban J connectivity index is 3.04. The molecule has 21 heavy (non-hydrogen) atoms. The van der Waals surface area contributed by atoms with E-state index < -0.39 is 15.7 Å². The molecular formula is C15H22N2O3S. The fourth-order valence-corrected chi connectivity index (χ4v) is 2.38. The Hall–Kier alpha value is -1.56. The minimum Gasteiger partial charge on any atom is -0.265 e. The molecule has 2 atom stereocenters. The molecule has 5 nitrogen and oxygen atoms in total. The van der Waals surface area contributed by atoms with Crippen LogP contribution in [0.3, 0.4) is 0 Å². The summed E-state index contributed by atoms with van der Waals surface area (Å²) in [6.07, 6.45) is 0.437. The minimum atomic E-state index is -1.38. The van der Waals surface area contributed by atoms with Gasteiger partial charge in [0.2, 0.25) is 6.54 Å². The summed E-state index contributed by atoms with van der Waals surface area (Å²) >= 11 is 0. The third-order valence-electron chi connectivity index (χ3n) is 2.83. The molecule has 1 aromatic rings. The van der Waals surface area contributed by atoms with E-state index in [-0.39, 0.29) is 17.4 Å². The Morgan fingerprint density at radius 2 is 1.90 bits per heavy atom. The molecule has 0 aliphatic rings. The average Bonchev–Trinajstić information content (AvgIpc) is 2.36. The van der Waals surface area contributed by atoms with Crippen molar-refractivity contribution in [3.63, 3.8) is 0 Å². The summed E-state index contributed by atoms with van der Waals surface area (Å²) in [6, 6.07) is 9.42. The highest BCUT2D eigenvalue weighted by Crippen LogP contribution is 2.17. The van der Waals surface area contributed by atoms with Crippen molar-refractivity contribution in [3.8, 4) is 0 Å². The van der Waals surface area contributed by atoms with Gasteiger partial charge in [-0.25, -0.2) is 4.21 Å². The molecule has 116 valence electrons. The van der Waals surface area contributed by atoms with E-state index in [1.54, 1.807) is 6.92 Å². The van der Waals surface area contributed by atoms with Crippen LogP contribution in [-0.4, -0.2) is 26.1 Å². The predicted octanol–water partition coefficient (Wildman–Crippen LogP) is 3.24. The van der Waals surface area contributed by atoms with Crippen LogP contribution in [0.15, 0.2) is 34.7 Å². The number of benzene rings is 1. The molecule has 0 saturated carbocycles. The number of rotatable bonds is 6. The Morgan fingerprint density at radius 3 is 2.38 bits per heavy atom. The van der Waals surface area contributed by atoms with Crippen LogP contribution in [0.2, 0.25) is 0 Å². The first kappa shape index (κ1) is 17.5. The van der Waals surface area contributed by atoms with Gasteiger partial charge in [0.25, 0.3) is 0 Å². The van der Waals surface area contributed by atoms with Crippen molar-refractivity contribution in [1.82, 2.24) is 0 Å². The molecule has 0 fully saturated rings. The lowest BCUT2D eigenvalue weighted by Crippen LogP contribution is -2.22. The normalized spacial score (nSPS) is 15.5. The maximum atomic E-state index is 12.2. The molecule has 0 aromatic heterocycles. The first-order chi connectivity index (χ1) is 9.70. The molecule has 6 heteroatoms. The lowest BCUT2D eigenvalue weighted by Gasteiger charge is -2.16. The second-order valence-electron chi connectivity index (χ2n) is 6.09. The smallest absolute Gasteiger partial charge is 0.206 e. The number of nitro groups is 1. The van der Waals surface area contributed by atoms with Crippen LogP contribution in [0, 0.1) is 16.0 Å². The second kappa shape index (κ2) is 7.45. The summed E-state index contributed by atoms with van der Waals surface area (Å²) in [5.41, 5.74) is 1.53. The quantitative estimate of drug-likeness (QED) is 0.460. The van der Waals surface area contributed by atoms with Crippen LogP contribution < -0.4 is 0 Å². The van der Waals surface area contributed by atoms with E-state index in [0.717, 1.165) is 5.56 Å². The number of nitrogens with zero attached hydrogens (tertiary/aromatic N) is 2. The highest BCUT2D eigenvalue weighted by atomic mass is 32.2. The zero-order valence-corrected chi connectivity index (χ0v) is 13.7. The van der Waals surface area contributed by atoms with Gasteiger partial charge in [0.15, 0.2) is 0 Å². The molecule has 0 bridgehead atoms. The fraction of sp³-hybridized carbons (Fsp3) is 0.533. The third kappa shape index (κ3) is 6.16. The lowest BCUT2D eigenvalue weighted by molar-refractivity contribution is -0.487. The highest BCUT2D eigenvalue weighted by Gasteiger charge is 2.21. The Kier molecular flexibility index (Phi) is 6.20. The SMILES string of the molecule is CC(C/C(=N/S(=O)C(C)(C)C)c1ccccc1)C[N+](=O)[O-]. The van der Waals surface area contributed by atoms with Crippen molar-refractivity contribution in [2.75, 3.05) is 6.54 Å². The summed E-state index contributed by atoms with van der Waals surface area (Å²) in [5, 5.41) is 10.6. The molecule has 0 heterocycles. The molecule has 0 radical (unpaired) electrons. The van der Waals surface area contributed by atoms with Crippen LogP contribution >= 0.6 is 0 Å². The standard InChI is InChI=1S/C15H22N2O3S/c1-12(11-17(18)19)10-14(13-8-6-5-7-9-13)16-21(20)15(2,3)4/h5-9,12H,10-11H2,1-4H3/b16-14-. The van der Waals surface area contributed by atoms with Crippen molar-refractivity contribution in [1.29, 1.82) is 0 Å². The topological polar surface area (TPSA) is 72.6 Å². The third-order valence-corrected chi connectivity index (χ3v) is 4.26. The zero-order valence-electron chi connectivity index (χ0n) is 12.9. The molecule has 0 aliphatic heterocycles. The Bertz CT molecular complexity index is 536. The predicted molar refractivity (Wildman–Crippen MR) is 86.5 cm³/mol. The van der Waals surface area contributed by atoms with Crippen molar-refractivity contribution >= 4 is 16.7 Å². The summed E-state index contributed by atoms with van der Waals surface area (Å²) in [5.74, 6) is -0.157. The first-order valence-electron chi connectivity index (χ1n) is 6.87. The van der Waals surface area contributed by atoms with Crippen LogP contribution in [-0.2, 0) is 11.0 Å². The maximum Gasteiger partial charge on any atom is 0.206 e. The van der Waals surface area contributed by atoms with Crippen LogP contribution in [0.5, 0.6) is 0 Å². The van der Waals surface area contributed by atoms with E-state index in [0.29, 0.717) is 12.1 Å². The van der Waals surface area contributed by atoms with E-state index in [1.807, 2.05) is 51.1 Å². The highest BCUT2D eigenvalue weighted by molar-refractivity contribution is 7.85. The number of hydrogen-bond acceptors (Lipinski definition) is 3. The van der Waals surface area contributed by atoms with Gasteiger partial charge in [-0.1, -0.05) is 37.3 Å². The van der Waals surface area contributed by atoms with Gasteiger partial charge in [-0.15, -0.1) is 0 Å². The molecule has 2 unspecified atom stereocenters. The second-order valence-corrected chi connectivity index (χ2v) is 8.00. The van der Waals surface area contributed by atoms with Gasteiger partial charge in [-0.2, -0.15) is 4.40 Å². The molecule has 1 rings (SSSR count). The molecule has 0 spiro atoms. The van der Waals surface area contributed by atoms with Gasteiger partial charge in [0, 0.05) is 10.8 Å². The summed E-state index contributed by atoms with van der Waals surface area (Å²) in [6.45, 7) is 7.26. The van der Waals surface area contributed by atoms with Crippen LogP contribution in [0.4, 0.5) is 0 Å². The fourth-order valence-electron chi connectivity index (χ4n) is 1.72. The first-order valence-corrected chi connectivity index (χ1v) is 7.97. The van der Waals surface area contributed by atoms with E-state index in [1.165, 1.54) is 0 Å². The Labute approximate surface area is 128 Å². The maximum absolute atomic E-state index is 12.2. The van der Waals surface area contributed by atoms with E-state index >= 15 is 0 Å². The molecular weight excluding hydrogens is 288 g/mol. The van der Waals surface area contributed by atoms with Gasteiger partial charge in [0.05, 0.1) is 10.5 Å². The van der Waals surface area contributed by atoms with Crippen molar-refractivity contribution in [2.24, 2.45) is 10.3 Å². The van der Waals surface area contributed by atoms with Crippen molar-refractivity contribution < 1.29 is 9.13 Å². The van der Waals surface area contributed by atoms with Gasteiger partial charge < -0.3 is 0 Å².